The van der Waals surface area contributed by atoms with E-state index >= 15 is 0 Å². The smallest absolute Gasteiger partial charge is 0.175 e. The number of rotatable bonds is 4. The van der Waals surface area contributed by atoms with Crippen molar-refractivity contribution in [3.8, 4) is 11.3 Å². The van der Waals surface area contributed by atoms with Gasteiger partial charge in [-0.25, -0.2) is 14.5 Å². The molecule has 4 rings (SSSR count). The molecule has 6 nitrogen and oxygen atoms in total. The molecular weight excluding hydrogens is 312 g/mol. The molecule has 0 saturated carbocycles. The number of hydrogen-bond donors (Lipinski definition) is 0. The Balaban J connectivity index is 1.68. The van der Waals surface area contributed by atoms with Gasteiger partial charge in [-0.2, -0.15) is 0 Å². The zero-order valence-electron chi connectivity index (χ0n) is 14.2. The topological polar surface area (TPSA) is 60.9 Å². The summed E-state index contributed by atoms with van der Waals surface area (Å²) in [6, 6.07) is 7.92. The van der Waals surface area contributed by atoms with Gasteiger partial charge in [0.2, 0.25) is 0 Å². The second-order valence-corrected chi connectivity index (χ2v) is 5.77. The van der Waals surface area contributed by atoms with Gasteiger partial charge in [-0.05, 0) is 49.8 Å². The molecule has 0 N–H and O–H groups in total. The molecule has 0 aliphatic heterocycles. The van der Waals surface area contributed by atoms with E-state index in [1.54, 1.807) is 10.7 Å². The van der Waals surface area contributed by atoms with Gasteiger partial charge >= 0.3 is 0 Å². The van der Waals surface area contributed by atoms with Crippen LogP contribution in [-0.2, 0) is 6.54 Å². The highest BCUT2D eigenvalue weighted by molar-refractivity contribution is 5.67. The molecular formula is C19H18N6. The minimum Gasteiger partial charge on any atom is -0.331 e. The second kappa shape index (κ2) is 6.32. The van der Waals surface area contributed by atoms with E-state index in [1.165, 1.54) is 0 Å². The van der Waals surface area contributed by atoms with Crippen molar-refractivity contribution in [1.29, 1.82) is 0 Å². The minimum absolute atomic E-state index is 0.669. The lowest BCUT2D eigenvalue weighted by molar-refractivity contribution is 0.753. The van der Waals surface area contributed by atoms with Crippen molar-refractivity contribution in [3.63, 3.8) is 0 Å². The lowest BCUT2D eigenvalue weighted by atomic mass is 10.2. The molecule has 0 saturated heterocycles. The number of imidazole rings is 1. The maximum Gasteiger partial charge on any atom is 0.175 e. The predicted octanol–water partition coefficient (Wildman–Crippen LogP) is 3.49. The summed E-state index contributed by atoms with van der Waals surface area (Å²) in [5.74, 6) is 1.54. The van der Waals surface area contributed by atoms with E-state index in [0.717, 1.165) is 34.8 Å². The van der Waals surface area contributed by atoms with E-state index in [9.17, 15) is 0 Å². The molecule has 0 aromatic carbocycles. The van der Waals surface area contributed by atoms with Gasteiger partial charge in [-0.1, -0.05) is 6.07 Å². The first-order valence-electron chi connectivity index (χ1n) is 8.22. The maximum atomic E-state index is 4.71. The van der Waals surface area contributed by atoms with Crippen LogP contribution in [0.2, 0.25) is 0 Å². The Morgan fingerprint density at radius 1 is 1.12 bits per heavy atom. The SMILES string of the molecule is CCn1cc(-c2cccnc2)nc1/C=C/c1nc2c(C)cccn2n1. The van der Waals surface area contributed by atoms with Crippen molar-refractivity contribution in [3.05, 3.63) is 66.3 Å². The van der Waals surface area contributed by atoms with Crippen LogP contribution in [0.15, 0.2) is 49.1 Å². The lowest BCUT2D eigenvalue weighted by Gasteiger charge is -1.97. The van der Waals surface area contributed by atoms with Gasteiger partial charge in [0.25, 0.3) is 0 Å². The van der Waals surface area contributed by atoms with Crippen LogP contribution in [-0.4, -0.2) is 29.1 Å². The Morgan fingerprint density at radius 2 is 2.04 bits per heavy atom. The minimum atomic E-state index is 0.669. The van der Waals surface area contributed by atoms with Crippen molar-refractivity contribution >= 4 is 17.8 Å². The summed E-state index contributed by atoms with van der Waals surface area (Å²) in [6.45, 7) is 4.96. The molecule has 4 aromatic heterocycles. The molecule has 4 heterocycles. The van der Waals surface area contributed by atoms with E-state index in [4.69, 9.17) is 4.98 Å². The highest BCUT2D eigenvalue weighted by Crippen LogP contribution is 2.19. The largest absolute Gasteiger partial charge is 0.331 e. The van der Waals surface area contributed by atoms with Crippen LogP contribution in [0.5, 0.6) is 0 Å². The molecule has 0 aliphatic rings. The zero-order valence-corrected chi connectivity index (χ0v) is 14.2. The molecule has 25 heavy (non-hydrogen) atoms. The molecule has 124 valence electrons. The average molecular weight is 330 g/mol. The van der Waals surface area contributed by atoms with E-state index in [-0.39, 0.29) is 0 Å². The fourth-order valence-electron chi connectivity index (χ4n) is 2.75. The molecule has 0 aliphatic carbocycles. The monoisotopic (exact) mass is 330 g/mol. The van der Waals surface area contributed by atoms with Gasteiger partial charge in [-0.3, -0.25) is 4.98 Å². The standard InChI is InChI=1S/C19H18N6/c1-3-24-13-16(15-7-4-10-20-12-15)21-18(24)9-8-17-22-19-14(2)6-5-11-25(19)23-17/h4-13H,3H2,1-2H3/b9-8+. The van der Waals surface area contributed by atoms with Gasteiger partial charge in [0.1, 0.15) is 5.82 Å². The third kappa shape index (κ3) is 2.94. The van der Waals surface area contributed by atoms with Crippen molar-refractivity contribution in [2.75, 3.05) is 0 Å². The van der Waals surface area contributed by atoms with Gasteiger partial charge in [0.15, 0.2) is 11.5 Å². The number of hydrogen-bond acceptors (Lipinski definition) is 4. The molecule has 0 amide bonds. The fourth-order valence-corrected chi connectivity index (χ4v) is 2.75. The zero-order chi connectivity index (χ0) is 17.2. The molecule has 4 aromatic rings. The molecule has 0 radical (unpaired) electrons. The van der Waals surface area contributed by atoms with E-state index in [2.05, 4.69) is 26.6 Å². The van der Waals surface area contributed by atoms with Crippen LogP contribution in [0.1, 0.15) is 24.1 Å². The number of aryl methyl sites for hydroxylation is 2. The number of nitrogens with zero attached hydrogens (tertiary/aromatic N) is 6. The third-order valence-corrected chi connectivity index (χ3v) is 4.06. The van der Waals surface area contributed by atoms with E-state index in [1.807, 2.05) is 61.9 Å². The normalized spacial score (nSPS) is 11.6. The van der Waals surface area contributed by atoms with Crippen molar-refractivity contribution in [2.45, 2.75) is 20.4 Å². The van der Waals surface area contributed by atoms with Crippen LogP contribution in [0.3, 0.4) is 0 Å². The van der Waals surface area contributed by atoms with Crippen LogP contribution in [0, 0.1) is 6.92 Å². The van der Waals surface area contributed by atoms with Gasteiger partial charge in [0.05, 0.1) is 5.69 Å². The Morgan fingerprint density at radius 3 is 2.80 bits per heavy atom. The van der Waals surface area contributed by atoms with E-state index in [0.29, 0.717) is 5.82 Å². The molecule has 0 fully saturated rings. The molecule has 0 bridgehead atoms. The number of fused-ring (bicyclic) bond motifs is 1. The summed E-state index contributed by atoms with van der Waals surface area (Å²) in [4.78, 5) is 13.4. The Labute approximate surface area is 145 Å². The van der Waals surface area contributed by atoms with Gasteiger partial charge < -0.3 is 4.57 Å². The summed E-state index contributed by atoms with van der Waals surface area (Å²) < 4.78 is 3.89. The Kier molecular flexibility index (Phi) is 3.85. The fraction of sp³-hybridized carbons (Fsp3) is 0.158. The van der Waals surface area contributed by atoms with Gasteiger partial charge in [-0.15, -0.1) is 5.10 Å². The van der Waals surface area contributed by atoms with Crippen LogP contribution < -0.4 is 0 Å². The number of aromatic nitrogens is 6. The molecule has 0 spiro atoms. The summed E-state index contributed by atoms with van der Waals surface area (Å²) in [5, 5.41) is 4.48. The third-order valence-electron chi connectivity index (χ3n) is 4.06. The quantitative estimate of drug-likeness (QED) is 0.575. The first-order chi connectivity index (χ1) is 12.2. The molecule has 0 atom stereocenters. The highest BCUT2D eigenvalue weighted by Gasteiger charge is 2.07. The van der Waals surface area contributed by atoms with Crippen molar-refractivity contribution in [1.82, 2.24) is 29.1 Å². The molecule has 6 heteroatoms. The van der Waals surface area contributed by atoms with Crippen molar-refractivity contribution in [2.24, 2.45) is 0 Å². The van der Waals surface area contributed by atoms with E-state index < -0.39 is 0 Å². The lowest BCUT2D eigenvalue weighted by Crippen LogP contribution is -1.94. The number of pyridine rings is 2. The Bertz CT molecular complexity index is 1040. The summed E-state index contributed by atoms with van der Waals surface area (Å²) in [6.07, 6.45) is 11.4. The average Bonchev–Trinajstić information content (AvgIpc) is 3.25. The predicted molar refractivity (Wildman–Crippen MR) is 97.8 cm³/mol. The highest BCUT2D eigenvalue weighted by atomic mass is 15.3. The Hall–Kier alpha value is -3.28. The van der Waals surface area contributed by atoms with Crippen LogP contribution in [0.4, 0.5) is 0 Å². The van der Waals surface area contributed by atoms with Crippen LogP contribution in [0.25, 0.3) is 29.1 Å². The van der Waals surface area contributed by atoms with Gasteiger partial charge in [0, 0.05) is 36.9 Å². The summed E-state index contributed by atoms with van der Waals surface area (Å²) in [7, 11) is 0. The first-order valence-corrected chi connectivity index (χ1v) is 8.22. The summed E-state index contributed by atoms with van der Waals surface area (Å²) >= 11 is 0. The second-order valence-electron chi connectivity index (χ2n) is 5.77. The molecule has 0 unspecified atom stereocenters. The first kappa shape index (κ1) is 15.3. The maximum absolute atomic E-state index is 4.71. The summed E-state index contributed by atoms with van der Waals surface area (Å²) in [5.41, 5.74) is 3.89. The van der Waals surface area contributed by atoms with Crippen molar-refractivity contribution < 1.29 is 0 Å². The van der Waals surface area contributed by atoms with Crippen LogP contribution >= 0.6 is 0 Å².